The Labute approximate surface area is 168 Å². The van der Waals surface area contributed by atoms with Crippen molar-refractivity contribution in [1.29, 1.82) is 0 Å². The molecule has 0 atom stereocenters. The zero-order valence-corrected chi connectivity index (χ0v) is 16.4. The number of pyridine rings is 1. The number of benzene rings is 1. The lowest BCUT2D eigenvalue weighted by Crippen LogP contribution is -2.29. The molecule has 28 heavy (non-hydrogen) atoms. The van der Waals surface area contributed by atoms with Gasteiger partial charge in [-0.15, -0.1) is 11.8 Å². The van der Waals surface area contributed by atoms with E-state index in [4.69, 9.17) is 0 Å². The van der Waals surface area contributed by atoms with Crippen LogP contribution in [0.4, 0.5) is 4.39 Å². The van der Waals surface area contributed by atoms with Crippen molar-refractivity contribution in [2.24, 2.45) is 0 Å². The zero-order valence-electron chi connectivity index (χ0n) is 15.6. The van der Waals surface area contributed by atoms with Gasteiger partial charge in [0.1, 0.15) is 5.82 Å². The van der Waals surface area contributed by atoms with Gasteiger partial charge in [-0.1, -0.05) is 24.3 Å². The Morgan fingerprint density at radius 3 is 2.71 bits per heavy atom. The molecule has 0 fully saturated rings. The van der Waals surface area contributed by atoms with Gasteiger partial charge in [-0.05, 0) is 54.5 Å². The molecule has 146 valence electrons. The van der Waals surface area contributed by atoms with Crippen molar-refractivity contribution in [3.05, 3.63) is 88.5 Å². The summed E-state index contributed by atoms with van der Waals surface area (Å²) < 4.78 is 13.0. The number of carboxylic acid groups (broad SMARTS) is 1. The van der Waals surface area contributed by atoms with E-state index in [0.29, 0.717) is 12.1 Å². The predicted octanol–water partition coefficient (Wildman–Crippen LogP) is 4.30. The van der Waals surface area contributed by atoms with E-state index >= 15 is 0 Å². The Kier molecular flexibility index (Phi) is 7.25. The van der Waals surface area contributed by atoms with Gasteiger partial charge in [0.25, 0.3) is 0 Å². The molecule has 0 spiro atoms. The summed E-state index contributed by atoms with van der Waals surface area (Å²) >= 11 is 1.58. The molecule has 4 nitrogen and oxygen atoms in total. The molecule has 1 N–H and O–H groups in total. The normalized spacial score (nSPS) is 13.8. The molecule has 0 radical (unpaired) electrons. The molecule has 0 saturated carbocycles. The summed E-state index contributed by atoms with van der Waals surface area (Å²) in [5, 5.41) is 10.4. The smallest absolute Gasteiger partial charge is 0.338 e. The van der Waals surface area contributed by atoms with Gasteiger partial charge < -0.3 is 10.0 Å². The molecule has 2 heterocycles. The van der Waals surface area contributed by atoms with Gasteiger partial charge in [0.05, 0.1) is 10.6 Å². The minimum atomic E-state index is -0.903. The highest BCUT2D eigenvalue weighted by Gasteiger charge is 2.21. The third-order valence-electron chi connectivity index (χ3n) is 4.48. The van der Waals surface area contributed by atoms with E-state index in [1.165, 1.54) is 12.1 Å². The molecular weight excluding hydrogens is 375 g/mol. The molecule has 0 amide bonds. The van der Waals surface area contributed by atoms with Crippen LogP contribution in [0, 0.1) is 5.82 Å². The van der Waals surface area contributed by atoms with Crippen LogP contribution in [0.15, 0.2) is 71.4 Å². The molecule has 0 bridgehead atoms. The lowest BCUT2D eigenvalue weighted by molar-refractivity contribution is -0.132. The number of aryl methyl sites for hydroxylation is 1. The average molecular weight is 399 g/mol. The lowest BCUT2D eigenvalue weighted by atomic mass is 10.1. The molecule has 3 rings (SSSR count). The van der Waals surface area contributed by atoms with Crippen LogP contribution in [0.3, 0.4) is 0 Å². The molecule has 1 aliphatic rings. The second-order valence-corrected chi connectivity index (χ2v) is 7.61. The summed E-state index contributed by atoms with van der Waals surface area (Å²) in [4.78, 5) is 18.1. The molecule has 1 aromatic carbocycles. The van der Waals surface area contributed by atoms with Crippen LogP contribution in [0.1, 0.15) is 17.7 Å². The van der Waals surface area contributed by atoms with E-state index < -0.39 is 5.97 Å². The van der Waals surface area contributed by atoms with Crippen LogP contribution in [-0.4, -0.2) is 39.8 Å². The van der Waals surface area contributed by atoms with Crippen molar-refractivity contribution < 1.29 is 14.3 Å². The number of aliphatic carboxylic acids is 1. The highest BCUT2D eigenvalue weighted by molar-refractivity contribution is 8.03. The van der Waals surface area contributed by atoms with Crippen LogP contribution >= 0.6 is 11.8 Å². The monoisotopic (exact) mass is 398 g/mol. The fourth-order valence-corrected chi connectivity index (χ4v) is 4.18. The number of hydrogen-bond donors (Lipinski definition) is 1. The number of aromatic nitrogens is 1. The summed E-state index contributed by atoms with van der Waals surface area (Å²) in [7, 11) is 0. The highest BCUT2D eigenvalue weighted by atomic mass is 32.2. The van der Waals surface area contributed by atoms with Crippen LogP contribution < -0.4 is 0 Å². The van der Waals surface area contributed by atoms with Crippen LogP contribution in [0.25, 0.3) is 0 Å². The summed E-state index contributed by atoms with van der Waals surface area (Å²) in [6, 6.07) is 12.4. The first-order chi connectivity index (χ1) is 13.6. The fourth-order valence-electron chi connectivity index (χ4n) is 3.04. The van der Waals surface area contributed by atoms with Crippen LogP contribution in [-0.2, 0) is 17.6 Å². The number of rotatable bonds is 9. The number of halogens is 1. The maximum absolute atomic E-state index is 13.0. The van der Waals surface area contributed by atoms with Crippen molar-refractivity contribution in [2.45, 2.75) is 19.3 Å². The number of nitrogens with zero attached hydrogens (tertiary/aromatic N) is 2. The Morgan fingerprint density at radius 1 is 1.18 bits per heavy atom. The molecule has 1 aliphatic heterocycles. The van der Waals surface area contributed by atoms with Gasteiger partial charge in [-0.25, -0.2) is 9.18 Å². The highest BCUT2D eigenvalue weighted by Crippen LogP contribution is 2.29. The van der Waals surface area contributed by atoms with Crippen molar-refractivity contribution >= 4 is 17.7 Å². The Balaban J connectivity index is 1.59. The maximum atomic E-state index is 13.0. The average Bonchev–Trinajstić information content (AvgIpc) is 2.72. The molecule has 1 aromatic heterocycles. The Bertz CT molecular complexity index is 851. The fraction of sp³-hybridized carbons (Fsp3) is 0.273. The number of carbonyl (C=O) groups is 1. The van der Waals surface area contributed by atoms with E-state index in [-0.39, 0.29) is 5.82 Å². The quantitative estimate of drug-likeness (QED) is 0.639. The second-order valence-electron chi connectivity index (χ2n) is 6.52. The second kappa shape index (κ2) is 10.1. The zero-order chi connectivity index (χ0) is 19.8. The molecule has 2 aromatic rings. The van der Waals surface area contributed by atoms with Crippen molar-refractivity contribution in [3.8, 4) is 0 Å². The molecule has 6 heteroatoms. The van der Waals surface area contributed by atoms with E-state index in [2.05, 4.69) is 9.88 Å². The lowest BCUT2D eigenvalue weighted by Gasteiger charge is -2.29. The first kappa shape index (κ1) is 20.1. The Hall–Kier alpha value is -2.60. The molecular formula is C22H23FN2O2S. The Morgan fingerprint density at radius 2 is 2.00 bits per heavy atom. The van der Waals surface area contributed by atoms with E-state index in [0.717, 1.165) is 47.8 Å². The standard InChI is InChI=1S/C22H23FN2O2S/c23-18-10-8-17(9-11-18)5-4-16-28-21-20(22(26)27)7-3-14-25(21)15-12-19-6-1-2-13-24-19/h1-3,6-11,13H,4-5,12,14-16H2,(H,26,27). The number of hydrogen-bond acceptors (Lipinski definition) is 4. The van der Waals surface area contributed by atoms with Crippen LogP contribution in [0.2, 0.25) is 0 Å². The topological polar surface area (TPSA) is 53.4 Å². The van der Waals surface area contributed by atoms with Gasteiger partial charge in [0.2, 0.25) is 0 Å². The number of carboxylic acids is 1. The summed E-state index contributed by atoms with van der Waals surface area (Å²) in [5.41, 5.74) is 2.43. The molecule has 0 aliphatic carbocycles. The molecule has 0 unspecified atom stereocenters. The van der Waals surface area contributed by atoms with Gasteiger partial charge in [0.15, 0.2) is 0 Å². The van der Waals surface area contributed by atoms with E-state index in [1.54, 1.807) is 36.2 Å². The third kappa shape index (κ3) is 5.70. The van der Waals surface area contributed by atoms with Gasteiger partial charge in [-0.3, -0.25) is 4.98 Å². The third-order valence-corrected chi connectivity index (χ3v) is 5.73. The van der Waals surface area contributed by atoms with Gasteiger partial charge in [0, 0.05) is 31.4 Å². The van der Waals surface area contributed by atoms with E-state index in [1.807, 2.05) is 24.3 Å². The van der Waals surface area contributed by atoms with Crippen molar-refractivity contribution in [3.63, 3.8) is 0 Å². The summed E-state index contributed by atoms with van der Waals surface area (Å²) in [5.74, 6) is -0.330. The minimum absolute atomic E-state index is 0.230. The summed E-state index contributed by atoms with van der Waals surface area (Å²) in [6.07, 6.45) is 7.86. The SMILES string of the molecule is O=C(O)C1=C(SCCCc2ccc(F)cc2)N(CCc2ccccn2)CC=C1. The first-order valence-corrected chi connectivity index (χ1v) is 10.3. The van der Waals surface area contributed by atoms with E-state index in [9.17, 15) is 14.3 Å². The number of thioether (sulfide) groups is 1. The molecule has 0 saturated heterocycles. The first-order valence-electron chi connectivity index (χ1n) is 9.29. The van der Waals surface area contributed by atoms with Crippen molar-refractivity contribution in [1.82, 2.24) is 9.88 Å². The summed E-state index contributed by atoms with van der Waals surface area (Å²) in [6.45, 7) is 1.42. The largest absolute Gasteiger partial charge is 0.478 e. The van der Waals surface area contributed by atoms with Crippen molar-refractivity contribution in [2.75, 3.05) is 18.8 Å². The predicted molar refractivity (Wildman–Crippen MR) is 110 cm³/mol. The maximum Gasteiger partial charge on any atom is 0.338 e. The van der Waals surface area contributed by atoms with Crippen LogP contribution in [0.5, 0.6) is 0 Å². The van der Waals surface area contributed by atoms with Gasteiger partial charge >= 0.3 is 5.97 Å². The van der Waals surface area contributed by atoms with Gasteiger partial charge in [-0.2, -0.15) is 0 Å². The minimum Gasteiger partial charge on any atom is -0.478 e.